The number of rotatable bonds is 9. The third-order valence-electron chi connectivity index (χ3n) is 3.24. The topological polar surface area (TPSA) is 64.3 Å². The van der Waals surface area contributed by atoms with Gasteiger partial charge in [0.05, 0.1) is 11.6 Å². The zero-order valence-corrected chi connectivity index (χ0v) is 11.3. The Morgan fingerprint density at radius 3 is 2.71 bits per heavy atom. The van der Waals surface area contributed by atoms with Crippen molar-refractivity contribution in [1.82, 2.24) is 5.32 Å². The number of amides is 1. The molecule has 4 nitrogen and oxygen atoms in total. The van der Waals surface area contributed by atoms with Crippen LogP contribution in [0.3, 0.4) is 0 Å². The van der Waals surface area contributed by atoms with Gasteiger partial charge in [0.15, 0.2) is 0 Å². The van der Waals surface area contributed by atoms with Crippen LogP contribution in [-0.4, -0.2) is 30.2 Å². The molecule has 0 aromatic rings. The van der Waals surface area contributed by atoms with Crippen molar-refractivity contribution in [3.8, 4) is 0 Å². The van der Waals surface area contributed by atoms with Crippen molar-refractivity contribution < 1.29 is 9.53 Å². The largest absolute Gasteiger partial charge is 0.378 e. The van der Waals surface area contributed by atoms with E-state index in [1.165, 1.54) is 0 Å². The third kappa shape index (κ3) is 5.04. The lowest BCUT2D eigenvalue weighted by Crippen LogP contribution is -2.55. The van der Waals surface area contributed by atoms with Crippen LogP contribution in [-0.2, 0) is 9.53 Å². The van der Waals surface area contributed by atoms with Crippen molar-refractivity contribution in [1.29, 1.82) is 0 Å². The van der Waals surface area contributed by atoms with E-state index >= 15 is 0 Å². The first-order valence-electron chi connectivity index (χ1n) is 6.67. The van der Waals surface area contributed by atoms with Crippen molar-refractivity contribution in [2.24, 2.45) is 5.73 Å². The fourth-order valence-corrected chi connectivity index (χ4v) is 1.97. The summed E-state index contributed by atoms with van der Waals surface area (Å²) in [4.78, 5) is 11.6. The SMILES string of the molecule is CCCCOC(C)CC(C)(NC1CC1)C(N)=O. The number of nitrogens with one attached hydrogen (secondary N) is 1. The normalized spacial score (nSPS) is 20.9. The van der Waals surface area contributed by atoms with Gasteiger partial charge in [-0.1, -0.05) is 13.3 Å². The minimum absolute atomic E-state index is 0.0605. The number of unbranched alkanes of at least 4 members (excludes halogenated alkanes) is 1. The molecule has 0 heterocycles. The van der Waals surface area contributed by atoms with Crippen molar-refractivity contribution in [2.45, 2.75) is 70.6 Å². The van der Waals surface area contributed by atoms with Crippen LogP contribution in [0.1, 0.15) is 52.9 Å². The number of carbonyl (C=O) groups excluding carboxylic acids is 1. The summed E-state index contributed by atoms with van der Waals surface area (Å²) in [7, 11) is 0. The summed E-state index contributed by atoms with van der Waals surface area (Å²) in [6, 6.07) is 0.468. The van der Waals surface area contributed by atoms with E-state index < -0.39 is 5.54 Å². The molecule has 0 bridgehead atoms. The van der Waals surface area contributed by atoms with Crippen LogP contribution >= 0.6 is 0 Å². The summed E-state index contributed by atoms with van der Waals surface area (Å²) >= 11 is 0. The molecule has 3 N–H and O–H groups in total. The maximum absolute atomic E-state index is 11.6. The first-order chi connectivity index (χ1) is 7.98. The summed E-state index contributed by atoms with van der Waals surface area (Å²) in [6.07, 6.45) is 5.18. The van der Waals surface area contributed by atoms with Gasteiger partial charge < -0.3 is 15.8 Å². The second-order valence-corrected chi connectivity index (χ2v) is 5.35. The monoisotopic (exact) mass is 242 g/mol. The highest BCUT2D eigenvalue weighted by molar-refractivity contribution is 5.84. The minimum Gasteiger partial charge on any atom is -0.378 e. The van der Waals surface area contributed by atoms with Gasteiger partial charge in [-0.2, -0.15) is 0 Å². The lowest BCUT2D eigenvalue weighted by Gasteiger charge is -2.30. The van der Waals surface area contributed by atoms with Gasteiger partial charge in [0.1, 0.15) is 0 Å². The van der Waals surface area contributed by atoms with Gasteiger partial charge in [0.25, 0.3) is 0 Å². The van der Waals surface area contributed by atoms with E-state index in [4.69, 9.17) is 10.5 Å². The molecular formula is C13H26N2O2. The highest BCUT2D eigenvalue weighted by atomic mass is 16.5. The molecule has 0 aliphatic heterocycles. The van der Waals surface area contributed by atoms with E-state index in [-0.39, 0.29) is 12.0 Å². The van der Waals surface area contributed by atoms with E-state index in [9.17, 15) is 4.79 Å². The van der Waals surface area contributed by atoms with E-state index in [1.807, 2.05) is 13.8 Å². The van der Waals surface area contributed by atoms with E-state index in [1.54, 1.807) is 0 Å². The second-order valence-electron chi connectivity index (χ2n) is 5.35. The Morgan fingerprint density at radius 2 is 2.24 bits per heavy atom. The van der Waals surface area contributed by atoms with Crippen LogP contribution in [0.2, 0.25) is 0 Å². The predicted molar refractivity (Wildman–Crippen MR) is 68.7 cm³/mol. The average molecular weight is 242 g/mol. The number of hydrogen-bond donors (Lipinski definition) is 2. The first-order valence-corrected chi connectivity index (χ1v) is 6.67. The maximum atomic E-state index is 11.6. The zero-order chi connectivity index (χ0) is 12.9. The highest BCUT2D eigenvalue weighted by Gasteiger charge is 2.38. The molecule has 0 aromatic carbocycles. The van der Waals surface area contributed by atoms with Crippen LogP contribution in [0.5, 0.6) is 0 Å². The van der Waals surface area contributed by atoms with Crippen LogP contribution < -0.4 is 11.1 Å². The van der Waals surface area contributed by atoms with E-state index in [0.717, 1.165) is 32.3 Å². The van der Waals surface area contributed by atoms with Crippen LogP contribution in [0.15, 0.2) is 0 Å². The lowest BCUT2D eigenvalue weighted by atomic mass is 9.93. The second kappa shape index (κ2) is 6.36. The molecule has 2 atom stereocenters. The van der Waals surface area contributed by atoms with Gasteiger partial charge in [-0.05, 0) is 33.1 Å². The molecule has 1 saturated carbocycles. The molecule has 4 heteroatoms. The average Bonchev–Trinajstić information content (AvgIpc) is 3.01. The van der Waals surface area contributed by atoms with Crippen molar-refractivity contribution in [3.05, 3.63) is 0 Å². The fourth-order valence-electron chi connectivity index (χ4n) is 1.97. The number of primary amides is 1. The molecule has 1 amide bonds. The molecule has 1 aliphatic carbocycles. The fraction of sp³-hybridized carbons (Fsp3) is 0.923. The quantitative estimate of drug-likeness (QED) is 0.603. The van der Waals surface area contributed by atoms with Crippen molar-refractivity contribution in [3.63, 3.8) is 0 Å². The standard InChI is InChI=1S/C13H26N2O2/c1-4-5-8-17-10(2)9-13(3,12(14)16)15-11-6-7-11/h10-11,15H,4-9H2,1-3H3,(H2,14,16). The molecule has 1 aliphatic rings. The van der Waals surface area contributed by atoms with Gasteiger partial charge in [-0.3, -0.25) is 4.79 Å². The Morgan fingerprint density at radius 1 is 1.59 bits per heavy atom. The van der Waals surface area contributed by atoms with Crippen molar-refractivity contribution in [2.75, 3.05) is 6.61 Å². The summed E-state index contributed by atoms with van der Waals surface area (Å²) in [5, 5.41) is 3.33. The molecule has 0 aromatic heterocycles. The Bertz CT molecular complexity index is 254. The smallest absolute Gasteiger partial charge is 0.237 e. The molecule has 2 unspecified atom stereocenters. The Kier molecular flexibility index (Phi) is 5.40. The molecule has 0 spiro atoms. The van der Waals surface area contributed by atoms with Crippen LogP contribution in [0, 0.1) is 0 Å². The van der Waals surface area contributed by atoms with Gasteiger partial charge in [0, 0.05) is 19.1 Å². The molecule has 1 fully saturated rings. The van der Waals surface area contributed by atoms with E-state index in [2.05, 4.69) is 12.2 Å². The third-order valence-corrected chi connectivity index (χ3v) is 3.24. The first kappa shape index (κ1) is 14.5. The summed E-state index contributed by atoms with van der Waals surface area (Å²) in [6.45, 7) is 6.78. The Balaban J connectivity index is 2.38. The number of nitrogens with two attached hydrogens (primary N) is 1. The molecule has 1 rings (SSSR count). The number of ether oxygens (including phenoxy) is 1. The van der Waals surface area contributed by atoms with Gasteiger partial charge in [-0.25, -0.2) is 0 Å². The molecule has 17 heavy (non-hydrogen) atoms. The lowest BCUT2D eigenvalue weighted by molar-refractivity contribution is -0.125. The number of carbonyl (C=O) groups is 1. The molecule has 0 saturated heterocycles. The maximum Gasteiger partial charge on any atom is 0.237 e. The predicted octanol–water partition coefficient (Wildman–Crippen LogP) is 1.58. The highest BCUT2D eigenvalue weighted by Crippen LogP contribution is 2.25. The summed E-state index contributed by atoms with van der Waals surface area (Å²) in [5.41, 5.74) is 4.86. The van der Waals surface area contributed by atoms with E-state index in [0.29, 0.717) is 12.5 Å². The summed E-state index contributed by atoms with van der Waals surface area (Å²) < 4.78 is 5.68. The Hall–Kier alpha value is -0.610. The molecular weight excluding hydrogens is 216 g/mol. The van der Waals surface area contributed by atoms with Gasteiger partial charge in [-0.15, -0.1) is 0 Å². The van der Waals surface area contributed by atoms with Crippen LogP contribution in [0.4, 0.5) is 0 Å². The van der Waals surface area contributed by atoms with Crippen molar-refractivity contribution >= 4 is 5.91 Å². The van der Waals surface area contributed by atoms with Gasteiger partial charge >= 0.3 is 0 Å². The zero-order valence-electron chi connectivity index (χ0n) is 11.3. The molecule has 0 radical (unpaired) electrons. The van der Waals surface area contributed by atoms with Gasteiger partial charge in [0.2, 0.25) is 5.91 Å². The minimum atomic E-state index is -0.632. The van der Waals surface area contributed by atoms with Crippen LogP contribution in [0.25, 0.3) is 0 Å². The molecule has 100 valence electrons. The summed E-state index contributed by atoms with van der Waals surface area (Å²) in [5.74, 6) is -0.282. The Labute approximate surface area is 104 Å². The number of hydrogen-bond acceptors (Lipinski definition) is 3.